The van der Waals surface area contributed by atoms with Gasteiger partial charge in [-0.3, -0.25) is 9.59 Å². The lowest BCUT2D eigenvalue weighted by Gasteiger charge is -2.07. The number of anilines is 2. The molecule has 0 spiro atoms. The van der Waals surface area contributed by atoms with Gasteiger partial charge in [0, 0.05) is 11.9 Å². The van der Waals surface area contributed by atoms with Gasteiger partial charge in [0.05, 0.1) is 0 Å². The number of hydrogen-bond donors (Lipinski definition) is 2. The predicted molar refractivity (Wildman–Crippen MR) is 83.5 cm³/mol. The van der Waals surface area contributed by atoms with Crippen LogP contribution in [0, 0.1) is 6.92 Å². The molecule has 6 nitrogen and oxygen atoms in total. The molecule has 0 aliphatic rings. The minimum atomic E-state index is -0.359. The van der Waals surface area contributed by atoms with Crippen molar-refractivity contribution in [3.63, 3.8) is 0 Å². The fraction of sp³-hybridized carbons (Fsp3) is 0.188. The molecule has 1 aromatic carbocycles. The summed E-state index contributed by atoms with van der Waals surface area (Å²) in [5.74, 6) is -0.225. The molecule has 2 amide bonds. The number of aryl methyl sites for hydroxylation is 1. The number of nitrogens with one attached hydrogen (secondary N) is 2. The molecule has 0 unspecified atom stereocenters. The number of carbonyl (C=O) groups excluding carboxylic acids is 2. The van der Waals surface area contributed by atoms with Gasteiger partial charge in [-0.2, -0.15) is 0 Å². The first-order valence-corrected chi connectivity index (χ1v) is 6.78. The third-order valence-electron chi connectivity index (χ3n) is 2.73. The van der Waals surface area contributed by atoms with Crippen molar-refractivity contribution in [1.29, 1.82) is 0 Å². The quantitative estimate of drug-likeness (QED) is 0.854. The molecule has 0 bridgehead atoms. The molecule has 2 aromatic rings. The summed E-state index contributed by atoms with van der Waals surface area (Å²) < 4.78 is 5.07. The van der Waals surface area contributed by atoms with E-state index < -0.39 is 0 Å². The van der Waals surface area contributed by atoms with E-state index in [0.717, 1.165) is 5.56 Å². The van der Waals surface area contributed by atoms with E-state index in [9.17, 15) is 9.59 Å². The van der Waals surface area contributed by atoms with Crippen LogP contribution in [0.1, 0.15) is 5.56 Å². The zero-order valence-corrected chi connectivity index (χ0v) is 12.2. The highest BCUT2D eigenvalue weighted by molar-refractivity contribution is 5.93. The highest BCUT2D eigenvalue weighted by atomic mass is 16.5. The Balaban J connectivity index is 1.68. The summed E-state index contributed by atoms with van der Waals surface area (Å²) in [7, 11) is 0. The molecule has 0 aliphatic carbocycles. The highest BCUT2D eigenvalue weighted by Crippen LogP contribution is 2.08. The van der Waals surface area contributed by atoms with E-state index in [4.69, 9.17) is 4.74 Å². The molecule has 0 aliphatic heterocycles. The van der Waals surface area contributed by atoms with Crippen LogP contribution in [0.15, 0.2) is 48.7 Å². The summed E-state index contributed by atoms with van der Waals surface area (Å²) in [6.07, 6.45) is 1.57. The molecule has 0 atom stereocenters. The lowest BCUT2D eigenvalue weighted by Crippen LogP contribution is -2.24. The summed E-state index contributed by atoms with van der Waals surface area (Å²) in [5, 5.41) is 5.25. The van der Waals surface area contributed by atoms with Crippen LogP contribution < -0.4 is 10.6 Å². The number of amides is 2. The maximum atomic E-state index is 11.7. The minimum absolute atomic E-state index is 0.191. The molecular weight excluding hydrogens is 282 g/mol. The average molecular weight is 299 g/mol. The van der Waals surface area contributed by atoms with Crippen molar-refractivity contribution < 1.29 is 14.3 Å². The number of ether oxygens (including phenoxy) is 1. The SMILES string of the molecule is Cc1ccc(NC(=O)COCC(=O)Nc2ccccn2)cc1. The smallest absolute Gasteiger partial charge is 0.251 e. The average Bonchev–Trinajstić information content (AvgIpc) is 2.50. The molecule has 2 rings (SSSR count). The molecule has 0 radical (unpaired) electrons. The second-order valence-electron chi connectivity index (χ2n) is 4.67. The van der Waals surface area contributed by atoms with E-state index in [1.54, 1.807) is 36.5 Å². The van der Waals surface area contributed by atoms with Gasteiger partial charge in [0.2, 0.25) is 5.91 Å². The van der Waals surface area contributed by atoms with Crippen molar-refractivity contribution in [1.82, 2.24) is 4.98 Å². The Hall–Kier alpha value is -2.73. The number of rotatable bonds is 6. The van der Waals surface area contributed by atoms with Crippen LogP contribution >= 0.6 is 0 Å². The summed E-state index contributed by atoms with van der Waals surface area (Å²) >= 11 is 0. The van der Waals surface area contributed by atoms with Gasteiger partial charge in [0.1, 0.15) is 19.0 Å². The monoisotopic (exact) mass is 299 g/mol. The van der Waals surface area contributed by atoms with Gasteiger partial charge >= 0.3 is 0 Å². The number of carbonyl (C=O) groups is 2. The van der Waals surface area contributed by atoms with Crippen molar-refractivity contribution in [3.8, 4) is 0 Å². The van der Waals surface area contributed by atoms with Crippen molar-refractivity contribution in [2.24, 2.45) is 0 Å². The van der Waals surface area contributed by atoms with Crippen LogP contribution in [0.25, 0.3) is 0 Å². The van der Waals surface area contributed by atoms with E-state index >= 15 is 0 Å². The van der Waals surface area contributed by atoms with Gasteiger partial charge < -0.3 is 15.4 Å². The van der Waals surface area contributed by atoms with Crippen LogP contribution in [-0.4, -0.2) is 30.0 Å². The van der Waals surface area contributed by atoms with Crippen molar-refractivity contribution in [2.75, 3.05) is 23.8 Å². The summed E-state index contributed by atoms with van der Waals surface area (Å²) in [6.45, 7) is 1.57. The Labute approximate surface area is 128 Å². The molecule has 1 aromatic heterocycles. The van der Waals surface area contributed by atoms with E-state index in [1.807, 2.05) is 19.1 Å². The van der Waals surface area contributed by atoms with E-state index in [1.165, 1.54) is 0 Å². The molecular formula is C16H17N3O3. The molecule has 6 heteroatoms. The first kappa shape index (κ1) is 15.7. The van der Waals surface area contributed by atoms with Gasteiger partial charge in [-0.15, -0.1) is 0 Å². The standard InChI is InChI=1S/C16H17N3O3/c1-12-5-7-13(8-6-12)18-15(20)10-22-11-16(21)19-14-4-2-3-9-17-14/h2-9H,10-11H2,1H3,(H,18,20)(H,17,19,21). The Morgan fingerprint density at radius 3 is 2.32 bits per heavy atom. The maximum absolute atomic E-state index is 11.7. The van der Waals surface area contributed by atoms with Crippen LogP contribution in [-0.2, 0) is 14.3 Å². The molecule has 0 saturated carbocycles. The fourth-order valence-electron chi connectivity index (χ4n) is 1.69. The largest absolute Gasteiger partial charge is 0.362 e. The number of nitrogens with zero attached hydrogens (tertiary/aromatic N) is 1. The van der Waals surface area contributed by atoms with Gasteiger partial charge in [-0.1, -0.05) is 23.8 Å². The zero-order valence-electron chi connectivity index (χ0n) is 12.2. The Morgan fingerprint density at radius 2 is 1.68 bits per heavy atom. The van der Waals surface area contributed by atoms with Crippen LogP contribution in [0.5, 0.6) is 0 Å². The lowest BCUT2D eigenvalue weighted by molar-refractivity contribution is -0.125. The van der Waals surface area contributed by atoms with Gasteiger partial charge in [0.15, 0.2) is 0 Å². The first-order chi connectivity index (χ1) is 10.6. The van der Waals surface area contributed by atoms with Crippen molar-refractivity contribution in [2.45, 2.75) is 6.92 Å². The number of aromatic nitrogens is 1. The topological polar surface area (TPSA) is 80.3 Å². The summed E-state index contributed by atoms with van der Waals surface area (Å²) in [6, 6.07) is 12.6. The Morgan fingerprint density at radius 1 is 1.00 bits per heavy atom. The third kappa shape index (κ3) is 5.34. The molecule has 114 valence electrons. The second-order valence-corrected chi connectivity index (χ2v) is 4.67. The van der Waals surface area contributed by atoms with E-state index in [2.05, 4.69) is 15.6 Å². The van der Waals surface area contributed by atoms with Gasteiger partial charge in [-0.25, -0.2) is 4.98 Å². The molecule has 0 fully saturated rings. The molecule has 1 heterocycles. The van der Waals surface area contributed by atoms with E-state index in [0.29, 0.717) is 11.5 Å². The minimum Gasteiger partial charge on any atom is -0.362 e. The van der Waals surface area contributed by atoms with E-state index in [-0.39, 0.29) is 25.0 Å². The molecule has 0 saturated heterocycles. The fourth-order valence-corrected chi connectivity index (χ4v) is 1.69. The summed E-state index contributed by atoms with van der Waals surface area (Å²) in [5.41, 5.74) is 1.80. The van der Waals surface area contributed by atoms with Gasteiger partial charge in [0.25, 0.3) is 5.91 Å². The highest BCUT2D eigenvalue weighted by Gasteiger charge is 2.06. The van der Waals surface area contributed by atoms with Crippen molar-refractivity contribution in [3.05, 3.63) is 54.2 Å². The number of benzene rings is 1. The van der Waals surface area contributed by atoms with Crippen molar-refractivity contribution >= 4 is 23.3 Å². The third-order valence-corrected chi connectivity index (χ3v) is 2.73. The van der Waals surface area contributed by atoms with Gasteiger partial charge in [-0.05, 0) is 31.2 Å². The Bertz CT molecular complexity index is 627. The first-order valence-electron chi connectivity index (χ1n) is 6.78. The lowest BCUT2D eigenvalue weighted by atomic mass is 10.2. The van der Waals surface area contributed by atoms with Crippen LogP contribution in [0.2, 0.25) is 0 Å². The maximum Gasteiger partial charge on any atom is 0.251 e. The molecule has 2 N–H and O–H groups in total. The number of hydrogen-bond acceptors (Lipinski definition) is 4. The zero-order chi connectivity index (χ0) is 15.8. The second kappa shape index (κ2) is 7.90. The Kier molecular flexibility index (Phi) is 5.62. The molecule has 22 heavy (non-hydrogen) atoms. The normalized spacial score (nSPS) is 10.0. The predicted octanol–water partition coefficient (Wildman–Crippen LogP) is 1.98. The van der Waals surface area contributed by atoms with Crippen LogP contribution in [0.4, 0.5) is 11.5 Å². The summed E-state index contributed by atoms with van der Waals surface area (Å²) in [4.78, 5) is 27.2. The number of pyridine rings is 1. The van der Waals surface area contributed by atoms with Crippen LogP contribution in [0.3, 0.4) is 0 Å².